The molecule has 0 radical (unpaired) electrons. The average molecular weight is 651 g/mol. The lowest BCUT2D eigenvalue weighted by atomic mass is 9.84. The lowest BCUT2D eigenvalue weighted by Crippen LogP contribution is -2.38. The number of nitrogens with zero attached hydrogens (tertiary/aromatic N) is 3. The Morgan fingerprint density at radius 2 is 1.43 bits per heavy atom. The van der Waals surface area contributed by atoms with Crippen molar-refractivity contribution in [2.45, 2.75) is 48.7 Å². The second-order valence-electron chi connectivity index (χ2n) is 11.5. The van der Waals surface area contributed by atoms with Crippen LogP contribution in [0.5, 0.6) is 0 Å². The van der Waals surface area contributed by atoms with Gasteiger partial charge < -0.3 is 9.52 Å². The predicted octanol–water partition coefficient (Wildman–Crippen LogP) is 7.72. The molecule has 1 aliphatic heterocycles. The van der Waals surface area contributed by atoms with Gasteiger partial charge in [0.05, 0.1) is 11.6 Å². The van der Waals surface area contributed by atoms with Crippen LogP contribution in [0.1, 0.15) is 76.5 Å². The molecule has 0 spiro atoms. The third-order valence-electron chi connectivity index (χ3n) is 8.62. The first kappa shape index (κ1) is 29.1. The minimum absolute atomic E-state index is 0.0537. The van der Waals surface area contributed by atoms with Gasteiger partial charge in [0, 0.05) is 46.1 Å². The standard InChI is InChI=1S/C33H29Cl2N3O5S/c34-24-6-1-20(2-7-24)31(21-3-8-25(35)9-4-21)23-5-12-28-27(19-23)32(38(36-28)26-10-11-26)22-15-17-37(18-16-22)44(41,42)30-14-13-29(43-30)33(39)40/h1-9,12-14,19,22,26,31H,10-11,15-18H2,(H,39,40). The van der Waals surface area contributed by atoms with Gasteiger partial charge in [-0.2, -0.15) is 9.40 Å². The summed E-state index contributed by atoms with van der Waals surface area (Å²) < 4.78 is 35.2. The van der Waals surface area contributed by atoms with Gasteiger partial charge in [-0.3, -0.25) is 4.68 Å². The molecule has 1 saturated carbocycles. The number of aromatic carboxylic acids is 1. The topological polar surface area (TPSA) is 106 Å². The van der Waals surface area contributed by atoms with E-state index in [1.54, 1.807) is 0 Å². The Hall–Kier alpha value is -3.63. The first-order valence-electron chi connectivity index (χ1n) is 14.6. The summed E-state index contributed by atoms with van der Waals surface area (Å²) in [4.78, 5) is 11.2. The summed E-state index contributed by atoms with van der Waals surface area (Å²) in [5.41, 5.74) is 5.40. The summed E-state index contributed by atoms with van der Waals surface area (Å²) >= 11 is 12.5. The molecule has 3 aromatic carbocycles. The van der Waals surface area contributed by atoms with Gasteiger partial charge in [0.1, 0.15) is 0 Å². The Morgan fingerprint density at radius 1 is 0.841 bits per heavy atom. The van der Waals surface area contributed by atoms with Gasteiger partial charge in [0.2, 0.25) is 10.9 Å². The number of carboxylic acids is 1. The van der Waals surface area contributed by atoms with E-state index in [0.29, 0.717) is 42.0 Å². The number of aromatic nitrogens is 2. The molecule has 2 fully saturated rings. The highest BCUT2D eigenvalue weighted by Crippen LogP contribution is 2.44. The Kier molecular flexibility index (Phi) is 7.53. The van der Waals surface area contributed by atoms with E-state index in [0.717, 1.165) is 46.1 Å². The van der Waals surface area contributed by atoms with Crippen LogP contribution < -0.4 is 0 Å². The van der Waals surface area contributed by atoms with E-state index < -0.39 is 21.8 Å². The van der Waals surface area contributed by atoms with Crippen LogP contribution in [0.15, 0.2) is 88.4 Å². The van der Waals surface area contributed by atoms with E-state index in [2.05, 4.69) is 47.1 Å². The third-order valence-corrected chi connectivity index (χ3v) is 10.9. The molecule has 226 valence electrons. The number of carbonyl (C=O) groups is 1. The fraction of sp³-hybridized carbons (Fsp3) is 0.273. The summed E-state index contributed by atoms with van der Waals surface area (Å²) in [5.74, 6) is -1.65. The molecule has 0 amide bonds. The quantitative estimate of drug-likeness (QED) is 0.173. The van der Waals surface area contributed by atoms with Crippen LogP contribution in [-0.4, -0.2) is 46.7 Å². The molecule has 0 bridgehead atoms. The van der Waals surface area contributed by atoms with Gasteiger partial charge in [-0.25, -0.2) is 13.2 Å². The van der Waals surface area contributed by atoms with Crippen LogP contribution in [0.4, 0.5) is 0 Å². The summed E-state index contributed by atoms with van der Waals surface area (Å²) in [6.07, 6.45) is 3.37. The number of rotatable bonds is 8. The van der Waals surface area contributed by atoms with E-state index in [-0.39, 0.29) is 16.9 Å². The number of benzene rings is 3. The zero-order valence-corrected chi connectivity index (χ0v) is 25.9. The second kappa shape index (κ2) is 11.4. The highest BCUT2D eigenvalue weighted by Gasteiger charge is 2.37. The van der Waals surface area contributed by atoms with Crippen molar-refractivity contribution in [1.29, 1.82) is 0 Å². The fourth-order valence-electron chi connectivity index (χ4n) is 6.28. The number of furan rings is 1. The summed E-state index contributed by atoms with van der Waals surface area (Å²) in [5, 5.41) is 16.3. The van der Waals surface area contributed by atoms with Crippen molar-refractivity contribution in [3.63, 3.8) is 0 Å². The van der Waals surface area contributed by atoms with E-state index in [9.17, 15) is 13.2 Å². The molecule has 1 saturated heterocycles. The third kappa shape index (κ3) is 5.43. The van der Waals surface area contributed by atoms with Crippen LogP contribution in [0.2, 0.25) is 10.0 Å². The maximum absolute atomic E-state index is 13.3. The van der Waals surface area contributed by atoms with Crippen molar-refractivity contribution in [3.8, 4) is 0 Å². The summed E-state index contributed by atoms with van der Waals surface area (Å²) in [7, 11) is -3.95. The molecule has 2 aliphatic rings. The van der Waals surface area contributed by atoms with Crippen molar-refractivity contribution in [3.05, 3.63) is 117 Å². The highest BCUT2D eigenvalue weighted by molar-refractivity contribution is 7.89. The fourth-order valence-corrected chi connectivity index (χ4v) is 7.91. The van der Waals surface area contributed by atoms with Crippen molar-refractivity contribution >= 4 is 50.1 Å². The predicted molar refractivity (Wildman–Crippen MR) is 168 cm³/mol. The zero-order valence-electron chi connectivity index (χ0n) is 23.6. The summed E-state index contributed by atoms with van der Waals surface area (Å²) in [6, 6.07) is 25.0. The van der Waals surface area contributed by atoms with Crippen molar-refractivity contribution in [1.82, 2.24) is 14.1 Å². The van der Waals surface area contributed by atoms with Crippen molar-refractivity contribution in [2.24, 2.45) is 0 Å². The minimum atomic E-state index is -3.95. The lowest BCUT2D eigenvalue weighted by Gasteiger charge is -2.31. The van der Waals surface area contributed by atoms with Crippen LogP contribution in [0, 0.1) is 0 Å². The molecule has 1 aliphatic carbocycles. The Labute approximate surface area is 264 Å². The lowest BCUT2D eigenvalue weighted by molar-refractivity contribution is 0.0656. The van der Waals surface area contributed by atoms with E-state index in [1.807, 2.05) is 24.3 Å². The number of piperidine rings is 1. The molecule has 0 atom stereocenters. The Bertz CT molecular complexity index is 1910. The van der Waals surface area contributed by atoms with E-state index in [1.165, 1.54) is 16.4 Å². The van der Waals surface area contributed by atoms with E-state index in [4.69, 9.17) is 37.8 Å². The maximum atomic E-state index is 13.3. The van der Waals surface area contributed by atoms with Crippen LogP contribution >= 0.6 is 23.2 Å². The second-order valence-corrected chi connectivity index (χ2v) is 14.2. The monoisotopic (exact) mass is 649 g/mol. The van der Waals surface area contributed by atoms with Gasteiger partial charge in [-0.1, -0.05) is 53.5 Å². The molecular weight excluding hydrogens is 621 g/mol. The zero-order chi connectivity index (χ0) is 30.6. The smallest absolute Gasteiger partial charge is 0.371 e. The highest BCUT2D eigenvalue weighted by atomic mass is 35.5. The molecule has 0 unspecified atom stereocenters. The molecule has 8 nitrogen and oxygen atoms in total. The largest absolute Gasteiger partial charge is 0.475 e. The average Bonchev–Trinajstić information content (AvgIpc) is 3.60. The molecule has 11 heteroatoms. The van der Waals surface area contributed by atoms with Crippen LogP contribution in [-0.2, 0) is 10.0 Å². The normalized spacial score (nSPS) is 16.6. The molecule has 44 heavy (non-hydrogen) atoms. The molecule has 7 rings (SSSR count). The maximum Gasteiger partial charge on any atom is 0.371 e. The molecule has 5 aromatic rings. The first-order chi connectivity index (χ1) is 21.2. The van der Waals surface area contributed by atoms with Gasteiger partial charge in [-0.05, 0) is 90.9 Å². The van der Waals surface area contributed by atoms with Crippen LogP contribution in [0.25, 0.3) is 10.9 Å². The number of sulfonamides is 1. The van der Waals surface area contributed by atoms with Crippen molar-refractivity contribution < 1.29 is 22.7 Å². The minimum Gasteiger partial charge on any atom is -0.475 e. The SMILES string of the molecule is O=C(O)c1ccc(S(=O)(=O)N2CCC(c3c4cc(C(c5ccc(Cl)cc5)c5ccc(Cl)cc5)ccc4nn3C3CC3)CC2)o1. The van der Waals surface area contributed by atoms with Gasteiger partial charge in [-0.15, -0.1) is 0 Å². The molecule has 2 aromatic heterocycles. The van der Waals surface area contributed by atoms with Gasteiger partial charge in [0.15, 0.2) is 0 Å². The number of hydrogen-bond donors (Lipinski definition) is 1. The van der Waals surface area contributed by atoms with Gasteiger partial charge in [0.25, 0.3) is 10.0 Å². The Balaban J connectivity index is 1.24. The molecule has 3 heterocycles. The van der Waals surface area contributed by atoms with Gasteiger partial charge >= 0.3 is 5.97 Å². The van der Waals surface area contributed by atoms with Crippen LogP contribution in [0.3, 0.4) is 0 Å². The van der Waals surface area contributed by atoms with Crippen molar-refractivity contribution in [2.75, 3.05) is 13.1 Å². The number of fused-ring (bicyclic) bond motifs is 1. The first-order valence-corrected chi connectivity index (χ1v) is 16.7. The number of hydrogen-bond acceptors (Lipinski definition) is 5. The molecular formula is C33H29Cl2N3O5S. The number of halogens is 2. The van der Waals surface area contributed by atoms with E-state index >= 15 is 0 Å². The Morgan fingerprint density at radius 3 is 1.98 bits per heavy atom. The molecule has 1 N–H and O–H groups in total. The number of carboxylic acid groups (broad SMARTS) is 1. The summed E-state index contributed by atoms with van der Waals surface area (Å²) in [6.45, 7) is 0.594.